The van der Waals surface area contributed by atoms with E-state index < -0.39 is 0 Å². The summed E-state index contributed by atoms with van der Waals surface area (Å²) in [5, 5.41) is 0. The van der Waals surface area contributed by atoms with Crippen LogP contribution in [0, 0.1) is 5.92 Å². The Hall–Kier alpha value is -1.35. The predicted octanol–water partition coefficient (Wildman–Crippen LogP) is 2.27. The fourth-order valence-electron chi connectivity index (χ4n) is 2.86. The second-order valence-corrected chi connectivity index (χ2v) is 5.48. The van der Waals surface area contributed by atoms with Crippen LogP contribution >= 0.6 is 0 Å². The third-order valence-electron chi connectivity index (χ3n) is 4.05. The summed E-state index contributed by atoms with van der Waals surface area (Å²) in [5.41, 5.74) is 8.09. The molecule has 1 fully saturated rings. The van der Waals surface area contributed by atoms with E-state index in [1.807, 2.05) is 11.0 Å². The van der Waals surface area contributed by atoms with E-state index >= 15 is 0 Å². The quantitative estimate of drug-likeness (QED) is 0.883. The standard InChI is InChI=1S/C15H20N2O/c16-8-7-12-10-17(15(18)9-11-5-6-11)14-4-2-1-3-13(12)14/h1-4,11-12H,5-10,16H2. The first-order valence-electron chi connectivity index (χ1n) is 6.89. The molecule has 0 aromatic heterocycles. The Bertz CT molecular complexity index is 454. The smallest absolute Gasteiger partial charge is 0.227 e. The SMILES string of the molecule is NCCC1CN(C(=O)CC2CC2)c2ccccc21. The lowest BCUT2D eigenvalue weighted by atomic mass is 9.98. The Labute approximate surface area is 108 Å². The normalized spacial score (nSPS) is 22.1. The highest BCUT2D eigenvalue weighted by molar-refractivity contribution is 5.96. The van der Waals surface area contributed by atoms with Gasteiger partial charge in [0.2, 0.25) is 5.91 Å². The number of anilines is 1. The van der Waals surface area contributed by atoms with E-state index in [0.717, 1.165) is 25.1 Å². The van der Waals surface area contributed by atoms with Gasteiger partial charge in [0.15, 0.2) is 0 Å². The zero-order valence-corrected chi connectivity index (χ0v) is 10.6. The maximum atomic E-state index is 12.3. The van der Waals surface area contributed by atoms with E-state index in [1.54, 1.807) is 0 Å². The average Bonchev–Trinajstić information content (AvgIpc) is 3.11. The second kappa shape index (κ2) is 4.73. The summed E-state index contributed by atoms with van der Waals surface area (Å²) in [5.74, 6) is 1.37. The molecule has 1 heterocycles. The summed E-state index contributed by atoms with van der Waals surface area (Å²) >= 11 is 0. The Morgan fingerprint density at radius 2 is 2.11 bits per heavy atom. The molecule has 0 bridgehead atoms. The molecule has 3 heteroatoms. The van der Waals surface area contributed by atoms with Gasteiger partial charge in [-0.1, -0.05) is 18.2 Å². The van der Waals surface area contributed by atoms with Crippen LogP contribution in [0.25, 0.3) is 0 Å². The Kier molecular flexibility index (Phi) is 3.08. The van der Waals surface area contributed by atoms with Gasteiger partial charge in [0.25, 0.3) is 0 Å². The molecule has 1 aliphatic heterocycles. The van der Waals surface area contributed by atoms with Gasteiger partial charge in [0, 0.05) is 24.6 Å². The molecule has 3 rings (SSSR count). The largest absolute Gasteiger partial charge is 0.330 e. The van der Waals surface area contributed by atoms with Crippen molar-refractivity contribution in [2.24, 2.45) is 11.7 Å². The van der Waals surface area contributed by atoms with Crippen molar-refractivity contribution in [3.63, 3.8) is 0 Å². The lowest BCUT2D eigenvalue weighted by Crippen LogP contribution is -2.30. The molecule has 2 N–H and O–H groups in total. The zero-order chi connectivity index (χ0) is 12.5. The van der Waals surface area contributed by atoms with Crippen LogP contribution in [-0.2, 0) is 4.79 Å². The van der Waals surface area contributed by atoms with E-state index in [9.17, 15) is 4.79 Å². The van der Waals surface area contributed by atoms with Gasteiger partial charge in [0.1, 0.15) is 0 Å². The fraction of sp³-hybridized carbons (Fsp3) is 0.533. The topological polar surface area (TPSA) is 46.3 Å². The van der Waals surface area contributed by atoms with E-state index in [0.29, 0.717) is 24.3 Å². The van der Waals surface area contributed by atoms with E-state index in [2.05, 4.69) is 18.2 Å². The minimum absolute atomic E-state index is 0.296. The summed E-state index contributed by atoms with van der Waals surface area (Å²) in [4.78, 5) is 14.3. The van der Waals surface area contributed by atoms with Crippen molar-refractivity contribution in [1.29, 1.82) is 0 Å². The van der Waals surface area contributed by atoms with Crippen LogP contribution in [0.3, 0.4) is 0 Å². The van der Waals surface area contributed by atoms with Gasteiger partial charge in [0.05, 0.1) is 0 Å². The monoisotopic (exact) mass is 244 g/mol. The molecule has 0 spiro atoms. The highest BCUT2D eigenvalue weighted by Crippen LogP contribution is 2.40. The molecule has 1 saturated carbocycles. The van der Waals surface area contributed by atoms with Crippen molar-refractivity contribution in [3.8, 4) is 0 Å². The van der Waals surface area contributed by atoms with Gasteiger partial charge < -0.3 is 10.6 Å². The van der Waals surface area contributed by atoms with E-state index in [1.165, 1.54) is 18.4 Å². The first-order chi connectivity index (χ1) is 8.79. The number of rotatable bonds is 4. The van der Waals surface area contributed by atoms with Crippen molar-refractivity contribution in [1.82, 2.24) is 0 Å². The predicted molar refractivity (Wildman–Crippen MR) is 72.5 cm³/mol. The van der Waals surface area contributed by atoms with Gasteiger partial charge in [-0.2, -0.15) is 0 Å². The summed E-state index contributed by atoms with van der Waals surface area (Å²) in [7, 11) is 0. The molecule has 1 aromatic rings. The second-order valence-electron chi connectivity index (χ2n) is 5.48. The van der Waals surface area contributed by atoms with Gasteiger partial charge in [-0.25, -0.2) is 0 Å². The number of nitrogens with zero attached hydrogens (tertiary/aromatic N) is 1. The van der Waals surface area contributed by atoms with E-state index in [4.69, 9.17) is 5.73 Å². The summed E-state index contributed by atoms with van der Waals surface area (Å²) in [6.45, 7) is 1.51. The summed E-state index contributed by atoms with van der Waals surface area (Å²) < 4.78 is 0. The molecule has 0 saturated heterocycles. The minimum atomic E-state index is 0.296. The number of hydrogen-bond donors (Lipinski definition) is 1. The third kappa shape index (κ3) is 2.15. The number of nitrogens with two attached hydrogens (primary N) is 1. The lowest BCUT2D eigenvalue weighted by molar-refractivity contribution is -0.118. The number of hydrogen-bond acceptors (Lipinski definition) is 2. The Morgan fingerprint density at radius 3 is 2.83 bits per heavy atom. The first kappa shape index (κ1) is 11.7. The molecule has 1 unspecified atom stereocenters. The highest BCUT2D eigenvalue weighted by Gasteiger charge is 2.34. The number of amides is 1. The van der Waals surface area contributed by atoms with Crippen LogP contribution in [0.2, 0.25) is 0 Å². The minimum Gasteiger partial charge on any atom is -0.330 e. The Balaban J connectivity index is 1.81. The van der Waals surface area contributed by atoms with Crippen molar-refractivity contribution in [3.05, 3.63) is 29.8 Å². The maximum Gasteiger partial charge on any atom is 0.227 e. The molecule has 0 radical (unpaired) electrons. The average molecular weight is 244 g/mol. The van der Waals surface area contributed by atoms with Gasteiger partial charge in [-0.15, -0.1) is 0 Å². The number of para-hydroxylation sites is 1. The van der Waals surface area contributed by atoms with Crippen LogP contribution in [0.1, 0.15) is 37.2 Å². The molecule has 2 aliphatic rings. The van der Waals surface area contributed by atoms with Crippen LogP contribution in [0.5, 0.6) is 0 Å². The van der Waals surface area contributed by atoms with Crippen LogP contribution in [0.4, 0.5) is 5.69 Å². The molecule has 1 aromatic carbocycles. The Morgan fingerprint density at radius 1 is 1.33 bits per heavy atom. The number of carbonyl (C=O) groups is 1. The third-order valence-corrected chi connectivity index (χ3v) is 4.05. The van der Waals surface area contributed by atoms with Gasteiger partial charge >= 0.3 is 0 Å². The van der Waals surface area contributed by atoms with Crippen molar-refractivity contribution >= 4 is 11.6 Å². The summed E-state index contributed by atoms with van der Waals surface area (Å²) in [6, 6.07) is 8.27. The van der Waals surface area contributed by atoms with E-state index in [-0.39, 0.29) is 0 Å². The van der Waals surface area contributed by atoms with Crippen molar-refractivity contribution in [2.45, 2.75) is 31.6 Å². The number of benzene rings is 1. The number of carbonyl (C=O) groups excluding carboxylic acids is 1. The molecular weight excluding hydrogens is 224 g/mol. The van der Waals surface area contributed by atoms with Crippen molar-refractivity contribution < 1.29 is 4.79 Å². The van der Waals surface area contributed by atoms with Crippen LogP contribution < -0.4 is 10.6 Å². The molecule has 1 amide bonds. The molecule has 1 atom stereocenters. The molecule has 96 valence electrons. The molecule has 18 heavy (non-hydrogen) atoms. The van der Waals surface area contributed by atoms with Gasteiger partial charge in [-0.05, 0) is 43.4 Å². The van der Waals surface area contributed by atoms with Crippen molar-refractivity contribution in [2.75, 3.05) is 18.0 Å². The van der Waals surface area contributed by atoms with Gasteiger partial charge in [-0.3, -0.25) is 4.79 Å². The fourth-order valence-corrected chi connectivity index (χ4v) is 2.86. The highest BCUT2D eigenvalue weighted by atomic mass is 16.2. The maximum absolute atomic E-state index is 12.3. The first-order valence-corrected chi connectivity index (χ1v) is 6.89. The summed E-state index contributed by atoms with van der Waals surface area (Å²) in [6.07, 6.45) is 4.15. The molecule has 1 aliphatic carbocycles. The lowest BCUT2D eigenvalue weighted by Gasteiger charge is -2.17. The number of fused-ring (bicyclic) bond motifs is 1. The van der Waals surface area contributed by atoms with Crippen LogP contribution in [0.15, 0.2) is 24.3 Å². The molecule has 3 nitrogen and oxygen atoms in total. The molecular formula is C15H20N2O. The zero-order valence-electron chi connectivity index (χ0n) is 10.6. The van der Waals surface area contributed by atoms with Crippen LogP contribution in [-0.4, -0.2) is 19.0 Å².